The summed E-state index contributed by atoms with van der Waals surface area (Å²) in [6.07, 6.45) is 1.98. The van der Waals surface area contributed by atoms with Gasteiger partial charge in [0, 0.05) is 13.1 Å². The highest BCUT2D eigenvalue weighted by atomic mass is 16.5. The summed E-state index contributed by atoms with van der Waals surface area (Å²) in [5.74, 6) is 1.43. The molecule has 1 unspecified atom stereocenters. The second kappa shape index (κ2) is 10.3. The van der Waals surface area contributed by atoms with E-state index in [0.29, 0.717) is 17.7 Å². The van der Waals surface area contributed by atoms with Crippen molar-refractivity contribution < 1.29 is 14.6 Å². The van der Waals surface area contributed by atoms with Gasteiger partial charge in [-0.05, 0) is 62.1 Å². The molecule has 1 atom stereocenters. The van der Waals surface area contributed by atoms with Crippen LogP contribution < -0.4 is 9.47 Å². The Morgan fingerprint density at radius 2 is 1.81 bits per heavy atom. The average Bonchev–Trinajstić information content (AvgIpc) is 2.66. The number of piperidine rings is 1. The smallest absolute Gasteiger partial charge is 0.161 e. The van der Waals surface area contributed by atoms with Crippen LogP contribution in [0.15, 0.2) is 18.2 Å². The van der Waals surface area contributed by atoms with E-state index in [0.717, 1.165) is 38.5 Å². The van der Waals surface area contributed by atoms with Crippen molar-refractivity contribution in [2.75, 3.05) is 46.4 Å². The fraction of sp³-hybridized carbons (Fsp3) is 0.727. The molecule has 0 bridgehead atoms. The number of likely N-dealkylation sites (N-methyl/N-ethyl adjacent to an activating group) is 1. The summed E-state index contributed by atoms with van der Waals surface area (Å²) < 4.78 is 11.4. The Morgan fingerprint density at radius 3 is 2.41 bits per heavy atom. The molecule has 27 heavy (non-hydrogen) atoms. The first-order chi connectivity index (χ1) is 12.9. The van der Waals surface area contributed by atoms with Gasteiger partial charge in [-0.2, -0.15) is 0 Å². The van der Waals surface area contributed by atoms with E-state index in [1.54, 1.807) is 7.11 Å². The average molecular weight is 379 g/mol. The molecule has 1 aromatic rings. The minimum atomic E-state index is -0.508. The molecule has 0 aliphatic carbocycles. The number of hydrogen-bond donors (Lipinski definition) is 1. The van der Waals surface area contributed by atoms with Gasteiger partial charge in [-0.15, -0.1) is 0 Å². The second-order valence-corrected chi connectivity index (χ2v) is 8.38. The van der Waals surface area contributed by atoms with E-state index in [-0.39, 0.29) is 6.61 Å². The highest BCUT2D eigenvalue weighted by Gasteiger charge is 2.25. The largest absolute Gasteiger partial charge is 0.493 e. The minimum absolute atomic E-state index is 0.271. The van der Waals surface area contributed by atoms with Crippen LogP contribution in [0, 0.1) is 5.41 Å². The van der Waals surface area contributed by atoms with Gasteiger partial charge in [0.2, 0.25) is 0 Å². The van der Waals surface area contributed by atoms with Gasteiger partial charge in [-0.25, -0.2) is 0 Å². The number of methoxy groups -OCH3 is 1. The molecule has 1 N–H and O–H groups in total. The molecule has 1 heterocycles. The predicted molar refractivity (Wildman–Crippen MR) is 111 cm³/mol. The van der Waals surface area contributed by atoms with Crippen molar-refractivity contribution in [1.82, 2.24) is 9.80 Å². The highest BCUT2D eigenvalue weighted by Crippen LogP contribution is 2.32. The Hall–Kier alpha value is -1.30. The van der Waals surface area contributed by atoms with E-state index < -0.39 is 6.10 Å². The highest BCUT2D eigenvalue weighted by molar-refractivity contribution is 5.43. The number of ether oxygens (including phenoxy) is 2. The lowest BCUT2D eigenvalue weighted by molar-refractivity contribution is 0.0705. The molecule has 1 aromatic carbocycles. The van der Waals surface area contributed by atoms with Crippen molar-refractivity contribution in [1.29, 1.82) is 0 Å². The molecular formula is C22H38N2O3. The van der Waals surface area contributed by atoms with Crippen LogP contribution in [0.4, 0.5) is 0 Å². The van der Waals surface area contributed by atoms with Crippen molar-refractivity contribution in [3.63, 3.8) is 0 Å². The molecule has 2 rings (SSSR count). The molecule has 0 radical (unpaired) electrons. The Bertz CT molecular complexity index is 563. The van der Waals surface area contributed by atoms with Gasteiger partial charge in [-0.3, -0.25) is 4.90 Å². The minimum Gasteiger partial charge on any atom is -0.493 e. The van der Waals surface area contributed by atoms with E-state index in [4.69, 9.17) is 9.47 Å². The molecular weight excluding hydrogens is 340 g/mol. The van der Waals surface area contributed by atoms with Gasteiger partial charge in [-0.1, -0.05) is 33.8 Å². The van der Waals surface area contributed by atoms with Crippen LogP contribution in [-0.2, 0) is 6.54 Å². The predicted octanol–water partition coefficient (Wildman–Crippen LogP) is 3.40. The lowest BCUT2D eigenvalue weighted by Gasteiger charge is -2.37. The number of benzene rings is 1. The monoisotopic (exact) mass is 378 g/mol. The molecule has 0 amide bonds. The zero-order valence-electron chi connectivity index (χ0n) is 17.8. The Morgan fingerprint density at radius 1 is 1.15 bits per heavy atom. The van der Waals surface area contributed by atoms with E-state index in [2.05, 4.69) is 49.6 Å². The summed E-state index contributed by atoms with van der Waals surface area (Å²) in [5.41, 5.74) is 1.71. The van der Waals surface area contributed by atoms with E-state index >= 15 is 0 Å². The topological polar surface area (TPSA) is 45.2 Å². The second-order valence-electron chi connectivity index (χ2n) is 8.38. The summed E-state index contributed by atoms with van der Waals surface area (Å²) in [6.45, 7) is 14.9. The number of hydrogen-bond acceptors (Lipinski definition) is 5. The van der Waals surface area contributed by atoms with Crippen molar-refractivity contribution >= 4 is 0 Å². The Labute approximate surface area is 165 Å². The molecule has 5 heteroatoms. The maximum atomic E-state index is 10.2. The normalized spacial score (nSPS) is 18.5. The van der Waals surface area contributed by atoms with Crippen LogP contribution in [0.2, 0.25) is 0 Å². The molecule has 1 fully saturated rings. The van der Waals surface area contributed by atoms with Crippen LogP contribution >= 0.6 is 0 Å². The number of aliphatic hydroxyl groups is 1. The standard InChI is InChI=1S/C22H38N2O3/c1-6-23(7-2)16-19(25)17-27-20-9-8-18(14-21(20)26-5)15-24-12-10-22(3,4)11-13-24/h8-9,14,19,25H,6-7,10-13,15-17H2,1-5H3. The maximum absolute atomic E-state index is 10.2. The lowest BCUT2D eigenvalue weighted by atomic mass is 9.82. The first-order valence-corrected chi connectivity index (χ1v) is 10.3. The van der Waals surface area contributed by atoms with Crippen molar-refractivity contribution in [2.45, 2.75) is 53.2 Å². The molecule has 0 saturated carbocycles. The van der Waals surface area contributed by atoms with Gasteiger partial charge < -0.3 is 19.5 Å². The summed E-state index contributed by atoms with van der Waals surface area (Å²) in [4.78, 5) is 4.70. The zero-order valence-corrected chi connectivity index (χ0v) is 17.8. The third-order valence-corrected chi connectivity index (χ3v) is 5.64. The zero-order chi connectivity index (χ0) is 19.9. The lowest BCUT2D eigenvalue weighted by Crippen LogP contribution is -2.36. The van der Waals surface area contributed by atoms with Gasteiger partial charge in [0.05, 0.1) is 7.11 Å². The molecule has 0 spiro atoms. The van der Waals surface area contributed by atoms with Crippen molar-refractivity contribution in [2.24, 2.45) is 5.41 Å². The molecule has 5 nitrogen and oxygen atoms in total. The molecule has 1 aliphatic rings. The van der Waals surface area contributed by atoms with E-state index in [1.165, 1.54) is 18.4 Å². The van der Waals surface area contributed by atoms with Crippen LogP contribution in [0.5, 0.6) is 11.5 Å². The van der Waals surface area contributed by atoms with Gasteiger partial charge in [0.15, 0.2) is 11.5 Å². The number of aliphatic hydroxyl groups excluding tert-OH is 1. The van der Waals surface area contributed by atoms with Crippen LogP contribution in [0.1, 0.15) is 46.1 Å². The van der Waals surface area contributed by atoms with E-state index in [1.807, 2.05) is 6.07 Å². The summed E-state index contributed by atoms with van der Waals surface area (Å²) >= 11 is 0. The number of rotatable bonds is 10. The fourth-order valence-corrected chi connectivity index (χ4v) is 3.52. The van der Waals surface area contributed by atoms with Gasteiger partial charge >= 0.3 is 0 Å². The first kappa shape index (κ1) is 22.0. The fourth-order valence-electron chi connectivity index (χ4n) is 3.52. The number of likely N-dealkylation sites (tertiary alicyclic amines) is 1. The third kappa shape index (κ3) is 6.98. The van der Waals surface area contributed by atoms with Crippen LogP contribution in [-0.4, -0.2) is 67.5 Å². The Balaban J connectivity index is 1.90. The van der Waals surface area contributed by atoms with Crippen molar-refractivity contribution in [3.8, 4) is 11.5 Å². The first-order valence-electron chi connectivity index (χ1n) is 10.3. The molecule has 1 aliphatic heterocycles. The maximum Gasteiger partial charge on any atom is 0.161 e. The quantitative estimate of drug-likeness (QED) is 0.676. The molecule has 154 valence electrons. The third-order valence-electron chi connectivity index (χ3n) is 5.64. The van der Waals surface area contributed by atoms with Crippen molar-refractivity contribution in [3.05, 3.63) is 23.8 Å². The number of nitrogens with zero attached hydrogens (tertiary/aromatic N) is 2. The summed E-state index contributed by atoms with van der Waals surface area (Å²) in [5, 5.41) is 10.2. The van der Waals surface area contributed by atoms with E-state index in [9.17, 15) is 5.11 Å². The summed E-state index contributed by atoms with van der Waals surface area (Å²) in [7, 11) is 1.67. The Kier molecular flexibility index (Phi) is 8.39. The van der Waals surface area contributed by atoms with Crippen LogP contribution in [0.3, 0.4) is 0 Å². The summed E-state index contributed by atoms with van der Waals surface area (Å²) in [6, 6.07) is 6.13. The van der Waals surface area contributed by atoms with Crippen LogP contribution in [0.25, 0.3) is 0 Å². The van der Waals surface area contributed by atoms with Gasteiger partial charge in [0.25, 0.3) is 0 Å². The molecule has 1 saturated heterocycles. The van der Waals surface area contributed by atoms with Gasteiger partial charge in [0.1, 0.15) is 12.7 Å². The SMILES string of the molecule is CCN(CC)CC(O)COc1ccc(CN2CCC(C)(C)CC2)cc1OC. The molecule has 0 aromatic heterocycles.